The molecule has 0 amide bonds. The summed E-state index contributed by atoms with van der Waals surface area (Å²) in [6.07, 6.45) is 3.15. The van der Waals surface area contributed by atoms with Crippen LogP contribution in [0.25, 0.3) is 6.08 Å². The fourth-order valence-corrected chi connectivity index (χ4v) is 3.04. The molecular formula is C26H24O7. The van der Waals surface area contributed by atoms with Crippen molar-refractivity contribution in [3.05, 3.63) is 83.4 Å². The van der Waals surface area contributed by atoms with Crippen LogP contribution < -0.4 is 23.7 Å². The minimum Gasteiger partial charge on any atom is -0.493 e. The molecule has 0 aliphatic carbocycles. The average molecular weight is 448 g/mol. The third kappa shape index (κ3) is 5.71. The molecule has 3 aromatic rings. The highest BCUT2D eigenvalue weighted by molar-refractivity contribution is 6.07. The van der Waals surface area contributed by atoms with Crippen LogP contribution in [0.5, 0.6) is 28.7 Å². The Morgan fingerprint density at radius 3 is 1.79 bits per heavy atom. The van der Waals surface area contributed by atoms with Crippen LogP contribution in [0.15, 0.2) is 66.7 Å². The highest BCUT2D eigenvalue weighted by atomic mass is 16.5. The minimum atomic E-state index is -0.552. The number of allylic oxidation sites excluding steroid dienone is 1. The molecule has 3 rings (SSSR count). The third-order valence-corrected chi connectivity index (χ3v) is 4.80. The number of ether oxygens (including phenoxy) is 5. The molecule has 0 aliphatic rings. The van der Waals surface area contributed by atoms with E-state index in [0.717, 1.165) is 5.56 Å². The van der Waals surface area contributed by atoms with Crippen molar-refractivity contribution in [3.8, 4) is 28.7 Å². The first-order valence-corrected chi connectivity index (χ1v) is 9.97. The summed E-state index contributed by atoms with van der Waals surface area (Å²) in [5.41, 5.74) is 1.56. The Morgan fingerprint density at radius 1 is 0.636 bits per heavy atom. The first-order valence-electron chi connectivity index (χ1n) is 9.97. The van der Waals surface area contributed by atoms with Gasteiger partial charge in [-0.3, -0.25) is 4.79 Å². The molecule has 0 fully saturated rings. The van der Waals surface area contributed by atoms with Gasteiger partial charge in [0.1, 0.15) is 5.75 Å². The quantitative estimate of drug-likeness (QED) is 0.201. The number of ketones is 1. The summed E-state index contributed by atoms with van der Waals surface area (Å²) >= 11 is 0. The van der Waals surface area contributed by atoms with Crippen molar-refractivity contribution in [3.63, 3.8) is 0 Å². The molecule has 7 heteroatoms. The zero-order chi connectivity index (χ0) is 23.8. The van der Waals surface area contributed by atoms with Gasteiger partial charge in [-0.2, -0.15) is 0 Å². The molecule has 0 radical (unpaired) electrons. The van der Waals surface area contributed by atoms with Crippen LogP contribution in [0.4, 0.5) is 0 Å². The molecular weight excluding hydrogens is 424 g/mol. The number of carbonyl (C=O) groups is 2. The molecule has 0 unspecified atom stereocenters. The first kappa shape index (κ1) is 23.4. The summed E-state index contributed by atoms with van der Waals surface area (Å²) < 4.78 is 26.3. The number of methoxy groups -OCH3 is 4. The second-order valence-electron chi connectivity index (χ2n) is 6.80. The minimum absolute atomic E-state index is 0.192. The van der Waals surface area contributed by atoms with Gasteiger partial charge >= 0.3 is 5.97 Å². The zero-order valence-electron chi connectivity index (χ0n) is 18.8. The summed E-state index contributed by atoms with van der Waals surface area (Å²) in [5, 5.41) is 0. The Labute approximate surface area is 192 Å². The van der Waals surface area contributed by atoms with Crippen LogP contribution in [0.2, 0.25) is 0 Å². The normalized spacial score (nSPS) is 10.5. The van der Waals surface area contributed by atoms with Crippen molar-refractivity contribution >= 4 is 17.8 Å². The summed E-state index contributed by atoms with van der Waals surface area (Å²) in [6.45, 7) is 0. The van der Waals surface area contributed by atoms with Gasteiger partial charge in [0, 0.05) is 5.56 Å². The van der Waals surface area contributed by atoms with Gasteiger partial charge in [0.15, 0.2) is 28.8 Å². The number of esters is 1. The van der Waals surface area contributed by atoms with Crippen molar-refractivity contribution in [1.29, 1.82) is 0 Å². The van der Waals surface area contributed by atoms with E-state index in [4.69, 9.17) is 23.7 Å². The van der Waals surface area contributed by atoms with Crippen molar-refractivity contribution < 1.29 is 33.3 Å². The lowest BCUT2D eigenvalue weighted by atomic mass is 10.1. The van der Waals surface area contributed by atoms with Gasteiger partial charge in [-0.1, -0.05) is 12.1 Å². The highest BCUT2D eigenvalue weighted by Gasteiger charge is 2.13. The molecule has 0 spiro atoms. The molecule has 0 bridgehead atoms. The predicted molar refractivity (Wildman–Crippen MR) is 124 cm³/mol. The number of hydrogen-bond donors (Lipinski definition) is 0. The van der Waals surface area contributed by atoms with Crippen molar-refractivity contribution in [1.82, 2.24) is 0 Å². The van der Waals surface area contributed by atoms with E-state index in [9.17, 15) is 9.59 Å². The second-order valence-corrected chi connectivity index (χ2v) is 6.80. The molecule has 170 valence electrons. The number of rotatable bonds is 9. The van der Waals surface area contributed by atoms with E-state index in [-0.39, 0.29) is 5.78 Å². The molecule has 0 atom stereocenters. The van der Waals surface area contributed by atoms with Crippen LogP contribution in [0.1, 0.15) is 26.3 Å². The molecule has 0 saturated heterocycles. The smallest absolute Gasteiger partial charge is 0.343 e. The van der Waals surface area contributed by atoms with Gasteiger partial charge in [0.25, 0.3) is 0 Å². The van der Waals surface area contributed by atoms with E-state index >= 15 is 0 Å². The summed E-state index contributed by atoms with van der Waals surface area (Å²) in [5.74, 6) is 1.69. The SMILES string of the molecule is COc1ccc(C=CC(=O)c2ccc(OC(=O)c3ccc(OC)c(OC)c3)cc2)cc1OC. The van der Waals surface area contributed by atoms with Crippen LogP contribution in [0.3, 0.4) is 0 Å². The Kier molecular flexibility index (Phi) is 7.70. The molecule has 0 heterocycles. The summed E-state index contributed by atoms with van der Waals surface area (Å²) in [6, 6.07) is 16.4. The number of hydrogen-bond acceptors (Lipinski definition) is 7. The van der Waals surface area contributed by atoms with Crippen molar-refractivity contribution in [2.75, 3.05) is 28.4 Å². The summed E-state index contributed by atoms with van der Waals surface area (Å²) in [4.78, 5) is 24.9. The molecule has 0 aromatic heterocycles. The number of benzene rings is 3. The molecule has 0 saturated carbocycles. The van der Waals surface area contributed by atoms with Crippen LogP contribution >= 0.6 is 0 Å². The molecule has 33 heavy (non-hydrogen) atoms. The fourth-order valence-electron chi connectivity index (χ4n) is 3.04. The van der Waals surface area contributed by atoms with Gasteiger partial charge in [0.2, 0.25) is 0 Å². The van der Waals surface area contributed by atoms with Gasteiger partial charge < -0.3 is 23.7 Å². The Hall–Kier alpha value is -4.26. The van der Waals surface area contributed by atoms with Crippen molar-refractivity contribution in [2.45, 2.75) is 0 Å². The predicted octanol–water partition coefficient (Wildman–Crippen LogP) is 4.84. The Balaban J connectivity index is 1.66. The van der Waals surface area contributed by atoms with Gasteiger partial charge in [0.05, 0.1) is 34.0 Å². The fraction of sp³-hybridized carbons (Fsp3) is 0.154. The van der Waals surface area contributed by atoms with E-state index in [2.05, 4.69) is 0 Å². The van der Waals surface area contributed by atoms with Crippen LogP contribution in [0, 0.1) is 0 Å². The zero-order valence-corrected chi connectivity index (χ0v) is 18.8. The van der Waals surface area contributed by atoms with E-state index in [1.54, 1.807) is 68.8 Å². The average Bonchev–Trinajstić information content (AvgIpc) is 2.86. The van der Waals surface area contributed by atoms with Gasteiger partial charge in [-0.05, 0) is 66.2 Å². The standard InChI is InChI=1S/C26H24O7/c1-29-22-13-6-17(15-24(22)31-3)5-12-21(27)18-7-10-20(11-8-18)33-26(28)19-9-14-23(30-2)25(16-19)32-4/h5-16H,1-4H3. The maximum Gasteiger partial charge on any atom is 0.343 e. The highest BCUT2D eigenvalue weighted by Crippen LogP contribution is 2.29. The Morgan fingerprint density at radius 2 is 1.18 bits per heavy atom. The lowest BCUT2D eigenvalue weighted by Gasteiger charge is -2.09. The van der Waals surface area contributed by atoms with Crippen LogP contribution in [-0.2, 0) is 0 Å². The largest absolute Gasteiger partial charge is 0.493 e. The van der Waals surface area contributed by atoms with Gasteiger partial charge in [-0.15, -0.1) is 0 Å². The maximum atomic E-state index is 12.5. The maximum absolute atomic E-state index is 12.5. The van der Waals surface area contributed by atoms with Crippen LogP contribution in [-0.4, -0.2) is 40.2 Å². The summed E-state index contributed by atoms with van der Waals surface area (Å²) in [7, 11) is 6.12. The third-order valence-electron chi connectivity index (χ3n) is 4.80. The molecule has 0 aliphatic heterocycles. The number of carbonyl (C=O) groups excluding carboxylic acids is 2. The van der Waals surface area contributed by atoms with Gasteiger partial charge in [-0.25, -0.2) is 4.79 Å². The molecule has 3 aromatic carbocycles. The lowest BCUT2D eigenvalue weighted by molar-refractivity contribution is 0.0734. The monoisotopic (exact) mass is 448 g/mol. The topological polar surface area (TPSA) is 80.3 Å². The molecule has 0 N–H and O–H groups in total. The Bertz CT molecular complexity index is 1160. The van der Waals surface area contributed by atoms with E-state index in [1.807, 2.05) is 6.07 Å². The van der Waals surface area contributed by atoms with E-state index in [0.29, 0.717) is 39.9 Å². The van der Waals surface area contributed by atoms with E-state index in [1.165, 1.54) is 26.4 Å². The second kappa shape index (κ2) is 10.9. The van der Waals surface area contributed by atoms with E-state index < -0.39 is 5.97 Å². The van der Waals surface area contributed by atoms with Crippen molar-refractivity contribution in [2.24, 2.45) is 0 Å². The molecule has 7 nitrogen and oxygen atoms in total. The lowest BCUT2D eigenvalue weighted by Crippen LogP contribution is -2.09. The first-order chi connectivity index (χ1) is 16.0.